The van der Waals surface area contributed by atoms with Gasteiger partial charge in [-0.15, -0.1) is 0 Å². The van der Waals surface area contributed by atoms with Gasteiger partial charge >= 0.3 is 5.97 Å². The van der Waals surface area contributed by atoms with Crippen LogP contribution in [-0.4, -0.2) is 33.6 Å². The molecule has 0 radical (unpaired) electrons. The number of hydrogen-bond donors (Lipinski definition) is 1. The average molecular weight is 194 g/mol. The van der Waals surface area contributed by atoms with E-state index in [9.17, 15) is 4.79 Å². The zero-order valence-electron chi connectivity index (χ0n) is 8.18. The molecule has 4 heteroatoms. The molecule has 0 fully saturated rings. The number of carboxylic acid groups (broad SMARTS) is 1. The van der Waals surface area contributed by atoms with Gasteiger partial charge in [0.05, 0.1) is 6.54 Å². The Balaban J connectivity index is 2.16. The molecule has 1 N–H and O–H groups in total. The molecular formula is C10H14N2O2. The van der Waals surface area contributed by atoms with Gasteiger partial charge in [0.25, 0.3) is 0 Å². The second kappa shape index (κ2) is 3.46. The minimum atomic E-state index is -0.753. The summed E-state index contributed by atoms with van der Waals surface area (Å²) in [6, 6.07) is 4.27. The molecule has 0 amide bonds. The van der Waals surface area contributed by atoms with Crippen LogP contribution in [0.25, 0.3) is 0 Å². The standard InChI is InChI=1S/C10H14N2O2/c1-8-9-3-2-4-11(9)5-6-12(8)7-10(13)14/h2-4,8H,5-7H2,1H3,(H,13,14). The first-order valence-electron chi connectivity index (χ1n) is 4.79. The Kier molecular flexibility index (Phi) is 2.29. The van der Waals surface area contributed by atoms with Crippen molar-refractivity contribution in [1.29, 1.82) is 0 Å². The lowest BCUT2D eigenvalue weighted by Crippen LogP contribution is -2.39. The maximum absolute atomic E-state index is 10.6. The van der Waals surface area contributed by atoms with Crippen LogP contribution in [0.5, 0.6) is 0 Å². The molecule has 1 aromatic rings. The molecule has 0 aromatic carbocycles. The number of nitrogens with zero attached hydrogens (tertiary/aromatic N) is 2. The number of carbonyl (C=O) groups is 1. The Morgan fingerprint density at radius 3 is 3.14 bits per heavy atom. The van der Waals surface area contributed by atoms with Crippen molar-refractivity contribution in [2.45, 2.75) is 19.5 Å². The lowest BCUT2D eigenvalue weighted by molar-refractivity contribution is -0.139. The van der Waals surface area contributed by atoms with Crippen LogP contribution < -0.4 is 0 Å². The van der Waals surface area contributed by atoms with Crippen LogP contribution in [0.2, 0.25) is 0 Å². The number of hydrogen-bond acceptors (Lipinski definition) is 2. The van der Waals surface area contributed by atoms with Gasteiger partial charge in [0, 0.05) is 31.0 Å². The van der Waals surface area contributed by atoms with Crippen molar-refractivity contribution in [3.05, 3.63) is 24.0 Å². The maximum atomic E-state index is 10.6. The lowest BCUT2D eigenvalue weighted by atomic mass is 10.1. The molecule has 4 nitrogen and oxygen atoms in total. The Morgan fingerprint density at radius 1 is 1.64 bits per heavy atom. The Hall–Kier alpha value is -1.29. The highest BCUT2D eigenvalue weighted by molar-refractivity contribution is 5.69. The fourth-order valence-corrected chi connectivity index (χ4v) is 2.02. The van der Waals surface area contributed by atoms with E-state index < -0.39 is 5.97 Å². The summed E-state index contributed by atoms with van der Waals surface area (Å²) in [5, 5.41) is 8.73. The van der Waals surface area contributed by atoms with Gasteiger partial charge in [-0.25, -0.2) is 0 Å². The summed E-state index contributed by atoms with van der Waals surface area (Å²) in [6.07, 6.45) is 2.05. The van der Waals surface area contributed by atoms with Gasteiger partial charge in [-0.05, 0) is 19.1 Å². The molecular weight excluding hydrogens is 180 g/mol. The molecule has 0 saturated carbocycles. The molecule has 0 bridgehead atoms. The zero-order valence-corrected chi connectivity index (χ0v) is 8.18. The first-order valence-corrected chi connectivity index (χ1v) is 4.79. The molecule has 0 saturated heterocycles. The summed E-state index contributed by atoms with van der Waals surface area (Å²) in [4.78, 5) is 12.6. The van der Waals surface area contributed by atoms with Gasteiger partial charge < -0.3 is 9.67 Å². The SMILES string of the molecule is CC1c2cccn2CCN1CC(=O)O. The van der Waals surface area contributed by atoms with Gasteiger partial charge in [0.2, 0.25) is 0 Å². The van der Waals surface area contributed by atoms with Gasteiger partial charge in [-0.1, -0.05) is 0 Å². The van der Waals surface area contributed by atoms with Crippen LogP contribution in [0.1, 0.15) is 18.7 Å². The number of fused-ring (bicyclic) bond motifs is 1. The number of rotatable bonds is 2. The molecule has 2 rings (SSSR count). The molecule has 0 aliphatic carbocycles. The number of aromatic nitrogens is 1. The third-order valence-electron chi connectivity index (χ3n) is 2.81. The first kappa shape index (κ1) is 9.27. The van der Waals surface area contributed by atoms with E-state index in [2.05, 4.69) is 10.6 Å². The van der Waals surface area contributed by atoms with Gasteiger partial charge in [0.15, 0.2) is 0 Å². The topological polar surface area (TPSA) is 45.5 Å². The minimum Gasteiger partial charge on any atom is -0.480 e. The lowest BCUT2D eigenvalue weighted by Gasteiger charge is -2.33. The second-order valence-corrected chi connectivity index (χ2v) is 3.67. The second-order valence-electron chi connectivity index (χ2n) is 3.67. The van der Waals surface area contributed by atoms with Crippen molar-refractivity contribution < 1.29 is 9.90 Å². The van der Waals surface area contributed by atoms with Crippen LogP contribution in [-0.2, 0) is 11.3 Å². The fourth-order valence-electron chi connectivity index (χ4n) is 2.02. The molecule has 1 unspecified atom stereocenters. The van der Waals surface area contributed by atoms with Crippen molar-refractivity contribution in [3.63, 3.8) is 0 Å². The third kappa shape index (κ3) is 1.53. The van der Waals surface area contributed by atoms with Crippen molar-refractivity contribution in [1.82, 2.24) is 9.47 Å². The third-order valence-corrected chi connectivity index (χ3v) is 2.81. The Bertz CT molecular complexity index is 346. The number of aliphatic carboxylic acids is 1. The van der Waals surface area contributed by atoms with Crippen LogP contribution in [0, 0.1) is 0 Å². The predicted molar refractivity (Wildman–Crippen MR) is 52.1 cm³/mol. The normalized spacial score (nSPS) is 21.9. The number of carboxylic acids is 1. The van der Waals surface area contributed by atoms with Crippen molar-refractivity contribution in [2.24, 2.45) is 0 Å². The Morgan fingerprint density at radius 2 is 2.43 bits per heavy atom. The van der Waals surface area contributed by atoms with Crippen molar-refractivity contribution in [3.8, 4) is 0 Å². The largest absolute Gasteiger partial charge is 0.480 e. The molecule has 0 spiro atoms. The van der Waals surface area contributed by atoms with E-state index in [0.717, 1.165) is 13.1 Å². The van der Waals surface area contributed by atoms with Crippen molar-refractivity contribution in [2.75, 3.05) is 13.1 Å². The summed E-state index contributed by atoms with van der Waals surface area (Å²) in [5.41, 5.74) is 1.21. The summed E-state index contributed by atoms with van der Waals surface area (Å²) < 4.78 is 2.18. The van der Waals surface area contributed by atoms with Crippen molar-refractivity contribution >= 4 is 5.97 Å². The van der Waals surface area contributed by atoms with E-state index in [0.29, 0.717) is 0 Å². The quantitative estimate of drug-likeness (QED) is 0.762. The van der Waals surface area contributed by atoms with E-state index in [1.54, 1.807) is 0 Å². The highest BCUT2D eigenvalue weighted by atomic mass is 16.4. The zero-order chi connectivity index (χ0) is 10.1. The highest BCUT2D eigenvalue weighted by Crippen LogP contribution is 2.24. The summed E-state index contributed by atoms with van der Waals surface area (Å²) in [6.45, 7) is 3.88. The highest BCUT2D eigenvalue weighted by Gasteiger charge is 2.24. The monoisotopic (exact) mass is 194 g/mol. The predicted octanol–water partition coefficient (Wildman–Crippen LogP) is 0.949. The van der Waals surface area contributed by atoms with Gasteiger partial charge in [-0.2, -0.15) is 0 Å². The minimum absolute atomic E-state index is 0.131. The van der Waals surface area contributed by atoms with Crippen LogP contribution in [0.3, 0.4) is 0 Å². The van der Waals surface area contributed by atoms with Crippen LogP contribution >= 0.6 is 0 Å². The van der Waals surface area contributed by atoms with Gasteiger partial charge in [-0.3, -0.25) is 9.69 Å². The fraction of sp³-hybridized carbons (Fsp3) is 0.500. The molecule has 1 atom stereocenters. The van der Waals surface area contributed by atoms with E-state index in [1.165, 1.54) is 5.69 Å². The molecule has 14 heavy (non-hydrogen) atoms. The summed E-state index contributed by atoms with van der Waals surface area (Å²) in [5.74, 6) is -0.753. The summed E-state index contributed by atoms with van der Waals surface area (Å²) >= 11 is 0. The molecule has 2 heterocycles. The van der Waals surface area contributed by atoms with E-state index >= 15 is 0 Å². The van der Waals surface area contributed by atoms with E-state index in [-0.39, 0.29) is 12.6 Å². The Labute approximate surface area is 82.7 Å². The van der Waals surface area contributed by atoms with E-state index in [4.69, 9.17) is 5.11 Å². The molecule has 1 aliphatic rings. The van der Waals surface area contributed by atoms with E-state index in [1.807, 2.05) is 24.1 Å². The summed E-state index contributed by atoms with van der Waals surface area (Å²) in [7, 11) is 0. The first-order chi connectivity index (χ1) is 6.68. The van der Waals surface area contributed by atoms with Crippen LogP contribution in [0.15, 0.2) is 18.3 Å². The average Bonchev–Trinajstić information content (AvgIpc) is 2.57. The van der Waals surface area contributed by atoms with Gasteiger partial charge in [0.1, 0.15) is 0 Å². The smallest absolute Gasteiger partial charge is 0.317 e. The maximum Gasteiger partial charge on any atom is 0.317 e. The van der Waals surface area contributed by atoms with Crippen LogP contribution in [0.4, 0.5) is 0 Å². The molecule has 76 valence electrons. The molecule has 1 aromatic heterocycles. The molecule has 1 aliphatic heterocycles.